The van der Waals surface area contributed by atoms with E-state index in [-0.39, 0.29) is 18.9 Å². The van der Waals surface area contributed by atoms with Crippen LogP contribution in [0.15, 0.2) is 24.3 Å². The summed E-state index contributed by atoms with van der Waals surface area (Å²) in [6.07, 6.45) is 0.843. The van der Waals surface area contributed by atoms with Gasteiger partial charge >= 0.3 is 0 Å². The van der Waals surface area contributed by atoms with E-state index in [9.17, 15) is 14.4 Å². The summed E-state index contributed by atoms with van der Waals surface area (Å²) >= 11 is 0. The largest absolute Gasteiger partial charge is 0.368 e. The van der Waals surface area contributed by atoms with E-state index in [1.807, 2.05) is 19.1 Å². The molecule has 0 saturated carbocycles. The summed E-state index contributed by atoms with van der Waals surface area (Å²) in [6, 6.07) is 8.20. The fourth-order valence-corrected chi connectivity index (χ4v) is 2.82. The number of benzene rings is 1. The molecular formula is C18H25N3O3. The number of nitrogens with one attached hydrogen (secondary N) is 1. The van der Waals surface area contributed by atoms with E-state index in [2.05, 4.69) is 29.3 Å². The fraction of sp³-hybridized carbons (Fsp3) is 0.500. The van der Waals surface area contributed by atoms with Crippen molar-refractivity contribution in [2.75, 3.05) is 37.6 Å². The first-order chi connectivity index (χ1) is 11.5. The molecule has 0 bridgehead atoms. The number of amides is 2. The molecular weight excluding hydrogens is 306 g/mol. The Morgan fingerprint density at radius 3 is 2.38 bits per heavy atom. The van der Waals surface area contributed by atoms with Crippen LogP contribution in [0, 0.1) is 6.92 Å². The number of carbonyl (C=O) groups is 3. The number of carbonyl (C=O) groups excluding carboxylic acids is 3. The first-order valence-electron chi connectivity index (χ1n) is 8.42. The van der Waals surface area contributed by atoms with Gasteiger partial charge in [-0.1, -0.05) is 25.1 Å². The van der Waals surface area contributed by atoms with Crippen LogP contribution in [-0.2, 0) is 14.4 Å². The van der Waals surface area contributed by atoms with Crippen LogP contribution in [0.3, 0.4) is 0 Å². The Morgan fingerprint density at radius 1 is 1.08 bits per heavy atom. The molecule has 1 heterocycles. The number of Topliss-reactive ketones (excluding diaryl/α,β-unsaturated/α-hetero) is 1. The van der Waals surface area contributed by atoms with Crippen LogP contribution in [0.4, 0.5) is 5.69 Å². The second-order valence-electron chi connectivity index (χ2n) is 6.01. The minimum atomic E-state index is -0.663. The van der Waals surface area contributed by atoms with Crippen molar-refractivity contribution in [3.63, 3.8) is 0 Å². The maximum atomic E-state index is 12.2. The summed E-state index contributed by atoms with van der Waals surface area (Å²) in [6.45, 7) is 6.56. The van der Waals surface area contributed by atoms with Crippen LogP contribution in [0.25, 0.3) is 0 Å². The Labute approximate surface area is 142 Å². The van der Waals surface area contributed by atoms with Crippen molar-refractivity contribution in [1.29, 1.82) is 0 Å². The van der Waals surface area contributed by atoms with E-state index < -0.39 is 11.7 Å². The molecule has 0 aromatic heterocycles. The summed E-state index contributed by atoms with van der Waals surface area (Å²) in [7, 11) is 0. The van der Waals surface area contributed by atoms with Crippen molar-refractivity contribution in [3.05, 3.63) is 29.8 Å². The van der Waals surface area contributed by atoms with Gasteiger partial charge in [0.15, 0.2) is 0 Å². The van der Waals surface area contributed by atoms with Gasteiger partial charge < -0.3 is 15.1 Å². The smallest absolute Gasteiger partial charge is 0.287 e. The molecule has 0 radical (unpaired) electrons. The van der Waals surface area contributed by atoms with E-state index >= 15 is 0 Å². The van der Waals surface area contributed by atoms with Gasteiger partial charge in [-0.3, -0.25) is 14.4 Å². The van der Waals surface area contributed by atoms with Gasteiger partial charge in [-0.15, -0.1) is 0 Å². The lowest BCUT2D eigenvalue weighted by Crippen LogP contribution is -2.51. The van der Waals surface area contributed by atoms with E-state index in [0.29, 0.717) is 19.5 Å². The predicted octanol–water partition coefficient (Wildman–Crippen LogP) is 1.13. The van der Waals surface area contributed by atoms with Gasteiger partial charge in [-0.25, -0.2) is 0 Å². The van der Waals surface area contributed by atoms with E-state index in [1.165, 1.54) is 11.3 Å². The molecule has 1 aliphatic heterocycles. The zero-order valence-electron chi connectivity index (χ0n) is 14.4. The first kappa shape index (κ1) is 18.0. The van der Waals surface area contributed by atoms with Crippen molar-refractivity contribution in [1.82, 2.24) is 10.2 Å². The third-order valence-electron chi connectivity index (χ3n) is 4.22. The standard InChI is InChI=1S/C18H25N3O3/c1-3-6-16(22)18(24)19-13-17(23)21-11-9-20(10-12-21)15-8-5-4-7-14(15)2/h4-5,7-8H,3,6,9-13H2,1-2H3,(H,19,24). The van der Waals surface area contributed by atoms with Crippen LogP contribution in [0.1, 0.15) is 25.3 Å². The highest BCUT2D eigenvalue weighted by Gasteiger charge is 2.22. The van der Waals surface area contributed by atoms with Crippen LogP contribution >= 0.6 is 0 Å². The van der Waals surface area contributed by atoms with Crippen molar-refractivity contribution in [2.24, 2.45) is 0 Å². The Kier molecular flexibility index (Phi) is 6.35. The molecule has 0 aliphatic carbocycles. The van der Waals surface area contributed by atoms with Gasteiger partial charge in [0, 0.05) is 38.3 Å². The Hall–Kier alpha value is -2.37. The number of hydrogen-bond donors (Lipinski definition) is 1. The van der Waals surface area contributed by atoms with Gasteiger partial charge in [0.2, 0.25) is 11.7 Å². The highest BCUT2D eigenvalue weighted by molar-refractivity contribution is 6.36. The number of nitrogens with zero attached hydrogens (tertiary/aromatic N) is 2. The quantitative estimate of drug-likeness (QED) is 0.794. The van der Waals surface area contributed by atoms with E-state index in [1.54, 1.807) is 4.90 Å². The Balaban J connectivity index is 1.80. The zero-order chi connectivity index (χ0) is 17.5. The molecule has 1 aromatic rings. The molecule has 1 saturated heterocycles. The third-order valence-corrected chi connectivity index (χ3v) is 4.22. The first-order valence-corrected chi connectivity index (χ1v) is 8.42. The molecule has 0 atom stereocenters. The molecule has 6 heteroatoms. The number of piperazine rings is 1. The Bertz CT molecular complexity index is 607. The maximum absolute atomic E-state index is 12.2. The summed E-state index contributed by atoms with van der Waals surface area (Å²) in [5, 5.41) is 2.42. The topological polar surface area (TPSA) is 69.7 Å². The van der Waals surface area contributed by atoms with E-state index in [0.717, 1.165) is 13.1 Å². The fourth-order valence-electron chi connectivity index (χ4n) is 2.82. The lowest BCUT2D eigenvalue weighted by molar-refractivity contribution is -0.139. The number of aryl methyl sites for hydroxylation is 1. The second-order valence-corrected chi connectivity index (χ2v) is 6.01. The number of ketones is 1. The van der Waals surface area contributed by atoms with Gasteiger partial charge in [-0.2, -0.15) is 0 Å². The summed E-state index contributed by atoms with van der Waals surface area (Å²) in [4.78, 5) is 39.2. The monoisotopic (exact) mass is 331 g/mol. The lowest BCUT2D eigenvalue weighted by Gasteiger charge is -2.36. The molecule has 0 unspecified atom stereocenters. The molecule has 0 spiro atoms. The lowest BCUT2D eigenvalue weighted by atomic mass is 10.1. The molecule has 2 amide bonds. The second kappa shape index (κ2) is 8.47. The van der Waals surface area contributed by atoms with Crippen LogP contribution in [0.5, 0.6) is 0 Å². The number of hydrogen-bond acceptors (Lipinski definition) is 4. The highest BCUT2D eigenvalue weighted by atomic mass is 16.2. The predicted molar refractivity (Wildman–Crippen MR) is 92.9 cm³/mol. The zero-order valence-corrected chi connectivity index (χ0v) is 14.4. The summed E-state index contributed by atoms with van der Waals surface area (Å²) in [5.41, 5.74) is 2.42. The minimum Gasteiger partial charge on any atom is -0.368 e. The van der Waals surface area contributed by atoms with Crippen molar-refractivity contribution < 1.29 is 14.4 Å². The van der Waals surface area contributed by atoms with Gasteiger partial charge in [0.05, 0.1) is 6.54 Å². The highest BCUT2D eigenvalue weighted by Crippen LogP contribution is 2.20. The maximum Gasteiger partial charge on any atom is 0.287 e. The normalized spacial score (nSPS) is 14.4. The SMILES string of the molecule is CCCC(=O)C(=O)NCC(=O)N1CCN(c2ccccc2C)CC1. The van der Waals surface area contributed by atoms with Crippen LogP contribution in [0.2, 0.25) is 0 Å². The average molecular weight is 331 g/mol. The number of anilines is 1. The van der Waals surface area contributed by atoms with Crippen molar-refractivity contribution in [2.45, 2.75) is 26.7 Å². The summed E-state index contributed by atoms with van der Waals surface area (Å²) in [5.74, 6) is -1.27. The number of para-hydroxylation sites is 1. The molecule has 1 fully saturated rings. The van der Waals surface area contributed by atoms with Crippen molar-refractivity contribution >= 4 is 23.3 Å². The molecule has 1 N–H and O–H groups in total. The molecule has 24 heavy (non-hydrogen) atoms. The van der Waals surface area contributed by atoms with Gasteiger partial charge in [0.25, 0.3) is 5.91 Å². The summed E-state index contributed by atoms with van der Waals surface area (Å²) < 4.78 is 0. The molecule has 1 aliphatic rings. The molecule has 2 rings (SSSR count). The van der Waals surface area contributed by atoms with Gasteiger partial charge in [-0.05, 0) is 25.0 Å². The van der Waals surface area contributed by atoms with Crippen LogP contribution in [-0.4, -0.2) is 55.2 Å². The third kappa shape index (κ3) is 4.57. The molecule has 130 valence electrons. The molecule has 1 aromatic carbocycles. The number of rotatable bonds is 6. The van der Waals surface area contributed by atoms with E-state index in [4.69, 9.17) is 0 Å². The van der Waals surface area contributed by atoms with Gasteiger partial charge in [0.1, 0.15) is 0 Å². The Morgan fingerprint density at radius 2 is 1.75 bits per heavy atom. The average Bonchev–Trinajstić information content (AvgIpc) is 2.60. The van der Waals surface area contributed by atoms with Crippen molar-refractivity contribution in [3.8, 4) is 0 Å². The minimum absolute atomic E-state index is 0.112. The molecule has 6 nitrogen and oxygen atoms in total. The van der Waals surface area contributed by atoms with Crippen LogP contribution < -0.4 is 10.2 Å².